The van der Waals surface area contributed by atoms with Crippen molar-refractivity contribution < 1.29 is 9.47 Å². The molecule has 8 heteroatoms. The molecule has 2 aliphatic rings. The molecule has 174 valence electrons. The van der Waals surface area contributed by atoms with Gasteiger partial charge in [-0.2, -0.15) is 9.61 Å². The first-order valence-corrected chi connectivity index (χ1v) is 11.9. The number of fused-ring (bicyclic) bond motifs is 2. The Bertz CT molecular complexity index is 1360. The largest absolute Gasteiger partial charge is 0.454 e. The van der Waals surface area contributed by atoms with Gasteiger partial charge in [-0.15, -0.1) is 0 Å². The van der Waals surface area contributed by atoms with Gasteiger partial charge in [-0.1, -0.05) is 29.8 Å². The van der Waals surface area contributed by atoms with Crippen LogP contribution in [-0.4, -0.2) is 52.5 Å². The van der Waals surface area contributed by atoms with E-state index in [2.05, 4.69) is 28.0 Å². The SMILES string of the molecule is Cc1cc(N2CCN(Cc3ccc4c(c3)OCO4)CC2)n2nc(C)c(-c3ccc(Cl)cc3)c2n1. The molecule has 0 bridgehead atoms. The van der Waals surface area contributed by atoms with E-state index in [-0.39, 0.29) is 0 Å². The summed E-state index contributed by atoms with van der Waals surface area (Å²) in [7, 11) is 0. The van der Waals surface area contributed by atoms with E-state index in [1.54, 1.807) is 0 Å². The fourth-order valence-electron chi connectivity index (χ4n) is 4.84. The molecule has 34 heavy (non-hydrogen) atoms. The summed E-state index contributed by atoms with van der Waals surface area (Å²) in [5.41, 5.74) is 6.22. The van der Waals surface area contributed by atoms with Crippen molar-refractivity contribution in [1.82, 2.24) is 19.5 Å². The number of aryl methyl sites for hydroxylation is 2. The molecule has 7 nitrogen and oxygen atoms in total. The third-order valence-electron chi connectivity index (χ3n) is 6.55. The number of nitrogens with zero attached hydrogens (tertiary/aromatic N) is 5. The number of piperazine rings is 1. The molecule has 0 amide bonds. The first kappa shape index (κ1) is 21.3. The van der Waals surface area contributed by atoms with E-state index in [1.165, 1.54) is 5.56 Å². The van der Waals surface area contributed by atoms with Crippen LogP contribution in [0.2, 0.25) is 5.02 Å². The van der Waals surface area contributed by atoms with Gasteiger partial charge in [0.05, 0.1) is 5.69 Å². The monoisotopic (exact) mass is 475 g/mol. The van der Waals surface area contributed by atoms with Crippen molar-refractivity contribution in [1.29, 1.82) is 0 Å². The minimum atomic E-state index is 0.309. The number of anilines is 1. The second kappa shape index (κ2) is 8.49. The van der Waals surface area contributed by atoms with Crippen molar-refractivity contribution in [2.75, 3.05) is 37.9 Å². The summed E-state index contributed by atoms with van der Waals surface area (Å²) in [4.78, 5) is 9.75. The van der Waals surface area contributed by atoms with E-state index in [0.717, 1.165) is 83.2 Å². The van der Waals surface area contributed by atoms with E-state index in [1.807, 2.05) is 48.7 Å². The van der Waals surface area contributed by atoms with E-state index in [4.69, 9.17) is 31.2 Å². The Morgan fingerprint density at radius 1 is 0.912 bits per heavy atom. The lowest BCUT2D eigenvalue weighted by Crippen LogP contribution is -2.46. The average molecular weight is 476 g/mol. The van der Waals surface area contributed by atoms with E-state index in [9.17, 15) is 0 Å². The normalized spacial score (nSPS) is 15.9. The van der Waals surface area contributed by atoms with Gasteiger partial charge in [-0.25, -0.2) is 4.98 Å². The van der Waals surface area contributed by atoms with Gasteiger partial charge in [0.15, 0.2) is 17.1 Å². The lowest BCUT2D eigenvalue weighted by Gasteiger charge is -2.36. The third-order valence-corrected chi connectivity index (χ3v) is 6.80. The Labute approximate surface area is 203 Å². The number of benzene rings is 2. The number of rotatable bonds is 4. The molecule has 0 N–H and O–H groups in total. The quantitative estimate of drug-likeness (QED) is 0.426. The number of halogens is 1. The molecule has 0 unspecified atom stereocenters. The number of aromatic nitrogens is 3. The lowest BCUT2D eigenvalue weighted by atomic mass is 10.1. The smallest absolute Gasteiger partial charge is 0.231 e. The Morgan fingerprint density at radius 3 is 2.47 bits per heavy atom. The molecule has 4 aromatic rings. The van der Waals surface area contributed by atoms with Crippen LogP contribution in [0.15, 0.2) is 48.5 Å². The highest BCUT2D eigenvalue weighted by Crippen LogP contribution is 2.34. The van der Waals surface area contributed by atoms with Gasteiger partial charge in [0.2, 0.25) is 6.79 Å². The van der Waals surface area contributed by atoms with Gasteiger partial charge in [-0.05, 0) is 49.2 Å². The van der Waals surface area contributed by atoms with Crippen LogP contribution in [-0.2, 0) is 6.54 Å². The molecule has 0 spiro atoms. The van der Waals surface area contributed by atoms with Crippen LogP contribution in [0.1, 0.15) is 17.0 Å². The molecule has 2 aliphatic heterocycles. The number of hydrogen-bond acceptors (Lipinski definition) is 6. The summed E-state index contributed by atoms with van der Waals surface area (Å²) in [5, 5.41) is 5.61. The highest BCUT2D eigenvalue weighted by molar-refractivity contribution is 6.30. The Balaban J connectivity index is 1.24. The summed E-state index contributed by atoms with van der Waals surface area (Å²) < 4.78 is 13.0. The zero-order chi connectivity index (χ0) is 23.2. The van der Waals surface area contributed by atoms with Gasteiger partial charge < -0.3 is 14.4 Å². The standard InChI is InChI=1S/C26H26ClN5O2/c1-17-13-24(32-26(28-17)25(18(2)29-32)20-4-6-21(27)7-5-20)31-11-9-30(10-12-31)15-19-3-8-22-23(14-19)34-16-33-22/h3-8,13-14H,9-12,15-16H2,1-2H3. The minimum absolute atomic E-state index is 0.309. The van der Waals surface area contributed by atoms with Gasteiger partial charge in [0, 0.05) is 55.1 Å². The Kier molecular flexibility index (Phi) is 5.31. The summed E-state index contributed by atoms with van der Waals surface area (Å²) >= 11 is 6.11. The maximum absolute atomic E-state index is 6.11. The van der Waals surface area contributed by atoms with Gasteiger partial charge in [0.1, 0.15) is 5.82 Å². The molecule has 0 saturated carbocycles. The second-order valence-corrected chi connectivity index (χ2v) is 9.35. The van der Waals surface area contributed by atoms with Crippen LogP contribution in [0.25, 0.3) is 16.8 Å². The van der Waals surface area contributed by atoms with Crippen LogP contribution in [0.3, 0.4) is 0 Å². The zero-order valence-corrected chi connectivity index (χ0v) is 20.0. The molecule has 0 aliphatic carbocycles. The first-order chi connectivity index (χ1) is 16.5. The average Bonchev–Trinajstić information content (AvgIpc) is 3.43. The highest BCUT2D eigenvalue weighted by Gasteiger charge is 2.23. The summed E-state index contributed by atoms with van der Waals surface area (Å²) in [6.07, 6.45) is 0. The fourth-order valence-corrected chi connectivity index (χ4v) is 4.96. The van der Waals surface area contributed by atoms with Crippen molar-refractivity contribution in [2.45, 2.75) is 20.4 Å². The van der Waals surface area contributed by atoms with Crippen LogP contribution < -0.4 is 14.4 Å². The van der Waals surface area contributed by atoms with Crippen molar-refractivity contribution in [2.24, 2.45) is 0 Å². The maximum Gasteiger partial charge on any atom is 0.231 e. The second-order valence-electron chi connectivity index (χ2n) is 8.91. The number of hydrogen-bond donors (Lipinski definition) is 0. The van der Waals surface area contributed by atoms with Crippen LogP contribution >= 0.6 is 11.6 Å². The third kappa shape index (κ3) is 3.85. The molecule has 0 atom stereocenters. The molecule has 0 radical (unpaired) electrons. The summed E-state index contributed by atoms with van der Waals surface area (Å²) in [6.45, 7) is 9.11. The number of ether oxygens (including phenoxy) is 2. The van der Waals surface area contributed by atoms with Crippen LogP contribution in [0.4, 0.5) is 5.82 Å². The van der Waals surface area contributed by atoms with E-state index in [0.29, 0.717) is 6.79 Å². The molecule has 4 heterocycles. The van der Waals surface area contributed by atoms with Crippen molar-refractivity contribution in [3.05, 3.63) is 70.5 Å². The van der Waals surface area contributed by atoms with E-state index >= 15 is 0 Å². The predicted octanol–water partition coefficient (Wildman–Crippen LogP) is 4.72. The van der Waals surface area contributed by atoms with Crippen molar-refractivity contribution in [3.8, 4) is 22.6 Å². The van der Waals surface area contributed by atoms with Crippen LogP contribution in [0.5, 0.6) is 11.5 Å². The summed E-state index contributed by atoms with van der Waals surface area (Å²) in [6, 6.07) is 16.2. The van der Waals surface area contributed by atoms with Gasteiger partial charge in [-0.3, -0.25) is 4.90 Å². The van der Waals surface area contributed by atoms with Crippen LogP contribution in [0, 0.1) is 13.8 Å². The zero-order valence-electron chi connectivity index (χ0n) is 19.3. The molecule has 2 aromatic carbocycles. The lowest BCUT2D eigenvalue weighted by molar-refractivity contribution is 0.174. The Hall–Kier alpha value is -3.29. The Morgan fingerprint density at radius 2 is 1.68 bits per heavy atom. The minimum Gasteiger partial charge on any atom is -0.454 e. The predicted molar refractivity (Wildman–Crippen MR) is 133 cm³/mol. The molecular weight excluding hydrogens is 450 g/mol. The fraction of sp³-hybridized carbons (Fsp3) is 0.308. The molecule has 1 fully saturated rings. The first-order valence-electron chi connectivity index (χ1n) is 11.5. The van der Waals surface area contributed by atoms with Crippen molar-refractivity contribution >= 4 is 23.1 Å². The van der Waals surface area contributed by atoms with Gasteiger partial charge >= 0.3 is 0 Å². The maximum atomic E-state index is 6.11. The molecule has 6 rings (SSSR count). The highest BCUT2D eigenvalue weighted by atomic mass is 35.5. The van der Waals surface area contributed by atoms with Gasteiger partial charge in [0.25, 0.3) is 0 Å². The van der Waals surface area contributed by atoms with E-state index < -0.39 is 0 Å². The summed E-state index contributed by atoms with van der Waals surface area (Å²) in [5.74, 6) is 2.77. The topological polar surface area (TPSA) is 55.1 Å². The van der Waals surface area contributed by atoms with Crippen molar-refractivity contribution in [3.63, 3.8) is 0 Å². The molecule has 2 aromatic heterocycles. The molecular formula is C26H26ClN5O2. The molecule has 1 saturated heterocycles.